The molecule has 1 atom stereocenters. The molecule has 0 aromatic heterocycles. The summed E-state index contributed by atoms with van der Waals surface area (Å²) in [4.78, 5) is 21.2. The number of methoxy groups -OCH3 is 1. The number of aliphatic hydroxyl groups is 1. The number of carbonyl (C=O) groups excluding carboxylic acids is 1. The summed E-state index contributed by atoms with van der Waals surface area (Å²) in [7, 11) is 1.62. The quantitative estimate of drug-likeness (QED) is 0.194. The lowest BCUT2D eigenvalue weighted by molar-refractivity contribution is -0.122. The highest BCUT2D eigenvalue weighted by molar-refractivity contribution is 14.0. The molecule has 1 aromatic rings. The Bertz CT molecular complexity index is 740. The number of fused-ring (bicyclic) bond motifs is 1. The predicted octanol–water partition coefficient (Wildman–Crippen LogP) is 0.784. The van der Waals surface area contributed by atoms with Crippen molar-refractivity contribution in [2.24, 2.45) is 4.99 Å². The summed E-state index contributed by atoms with van der Waals surface area (Å²) in [5.41, 5.74) is 1.34. The largest absolute Gasteiger partial charge is 0.383 e. The number of carbonyl (C=O) groups is 1. The summed E-state index contributed by atoms with van der Waals surface area (Å²) in [6.07, 6.45) is 1.60. The van der Waals surface area contributed by atoms with E-state index in [9.17, 15) is 9.90 Å². The van der Waals surface area contributed by atoms with Gasteiger partial charge in [-0.2, -0.15) is 0 Å². The van der Waals surface area contributed by atoms with Gasteiger partial charge in [0.2, 0.25) is 5.91 Å². The lowest BCUT2D eigenvalue weighted by Crippen LogP contribution is -2.54. The summed E-state index contributed by atoms with van der Waals surface area (Å²) >= 11 is 0. The van der Waals surface area contributed by atoms with Gasteiger partial charge in [-0.1, -0.05) is 24.3 Å². The Morgan fingerprint density at radius 2 is 1.97 bits per heavy atom. The third-order valence-electron chi connectivity index (χ3n) is 5.82. The summed E-state index contributed by atoms with van der Waals surface area (Å²) in [5.74, 6) is 0.864. The Morgan fingerprint density at radius 3 is 2.68 bits per heavy atom. The lowest BCUT2D eigenvalue weighted by atomic mass is 9.96. The number of hydrogen-bond donors (Lipinski definition) is 3. The van der Waals surface area contributed by atoms with Crippen molar-refractivity contribution < 1.29 is 14.6 Å². The molecule has 1 heterocycles. The van der Waals surface area contributed by atoms with Crippen molar-refractivity contribution in [3.05, 3.63) is 35.4 Å². The number of nitrogens with one attached hydrogen (secondary N) is 2. The van der Waals surface area contributed by atoms with E-state index in [0.29, 0.717) is 32.7 Å². The molecule has 1 aliphatic heterocycles. The Balaban J connectivity index is 0.00000341. The zero-order chi connectivity index (χ0) is 21.4. The van der Waals surface area contributed by atoms with Crippen LogP contribution in [0, 0.1) is 0 Å². The Kier molecular flexibility index (Phi) is 10.5. The standard InChI is InChI=1S/C22H35N5O3.HI/c1-3-23-21(25-17-22(29)9-8-18-6-4-5-7-19(18)22)27-13-11-26(12-14-27)16-20(28)24-10-15-30-2;/h4-7,29H,3,8-17H2,1-2H3,(H,23,25)(H,24,28);1H. The number of piperazine rings is 1. The van der Waals surface area contributed by atoms with Gasteiger partial charge >= 0.3 is 0 Å². The Labute approximate surface area is 202 Å². The predicted molar refractivity (Wildman–Crippen MR) is 133 cm³/mol. The van der Waals surface area contributed by atoms with E-state index < -0.39 is 5.60 Å². The third kappa shape index (κ3) is 7.03. The fourth-order valence-corrected chi connectivity index (χ4v) is 4.13. The van der Waals surface area contributed by atoms with E-state index in [0.717, 1.165) is 50.7 Å². The van der Waals surface area contributed by atoms with E-state index in [1.54, 1.807) is 7.11 Å². The molecule has 1 amide bonds. The van der Waals surface area contributed by atoms with Crippen LogP contribution in [0.4, 0.5) is 0 Å². The number of halogens is 1. The number of hydrogen-bond acceptors (Lipinski definition) is 5. The molecule has 9 heteroatoms. The molecule has 0 bridgehead atoms. The maximum Gasteiger partial charge on any atom is 0.234 e. The van der Waals surface area contributed by atoms with Gasteiger partial charge < -0.3 is 25.4 Å². The van der Waals surface area contributed by atoms with Crippen LogP contribution in [0.3, 0.4) is 0 Å². The Morgan fingerprint density at radius 1 is 1.23 bits per heavy atom. The van der Waals surface area contributed by atoms with Crippen molar-refractivity contribution in [1.82, 2.24) is 20.4 Å². The van der Waals surface area contributed by atoms with Crippen molar-refractivity contribution in [1.29, 1.82) is 0 Å². The minimum atomic E-state index is -0.890. The first-order chi connectivity index (χ1) is 14.6. The molecule has 0 radical (unpaired) electrons. The molecular formula is C22H36IN5O3. The minimum Gasteiger partial charge on any atom is -0.383 e. The second-order valence-electron chi connectivity index (χ2n) is 7.96. The van der Waals surface area contributed by atoms with Crippen LogP contribution in [0.1, 0.15) is 24.5 Å². The number of ether oxygens (including phenoxy) is 1. The van der Waals surface area contributed by atoms with E-state index in [4.69, 9.17) is 9.73 Å². The van der Waals surface area contributed by atoms with Gasteiger partial charge in [0.15, 0.2) is 5.96 Å². The normalized spacial score (nSPS) is 21.4. The second kappa shape index (κ2) is 12.6. The molecule has 0 spiro atoms. The van der Waals surface area contributed by atoms with Crippen molar-refractivity contribution in [3.8, 4) is 0 Å². The molecule has 1 aliphatic carbocycles. The van der Waals surface area contributed by atoms with Crippen molar-refractivity contribution in [3.63, 3.8) is 0 Å². The number of aryl methyl sites for hydroxylation is 1. The highest BCUT2D eigenvalue weighted by Gasteiger charge is 2.36. The van der Waals surface area contributed by atoms with E-state index in [1.165, 1.54) is 5.56 Å². The van der Waals surface area contributed by atoms with Crippen LogP contribution < -0.4 is 10.6 Å². The minimum absolute atomic E-state index is 0. The molecule has 2 aliphatic rings. The topological polar surface area (TPSA) is 89.4 Å². The number of benzene rings is 1. The van der Waals surface area contributed by atoms with Crippen LogP contribution in [-0.4, -0.2) is 92.8 Å². The number of nitrogens with zero attached hydrogens (tertiary/aromatic N) is 3. The van der Waals surface area contributed by atoms with Crippen molar-refractivity contribution in [2.75, 3.05) is 66.1 Å². The monoisotopic (exact) mass is 545 g/mol. The maximum atomic E-state index is 12.0. The Hall–Kier alpha value is -1.43. The van der Waals surface area contributed by atoms with Gasteiger partial charge in [0.25, 0.3) is 0 Å². The SMILES string of the molecule is CCNC(=NCC1(O)CCc2ccccc21)N1CCN(CC(=O)NCCOC)CC1.I. The highest BCUT2D eigenvalue weighted by Crippen LogP contribution is 2.36. The van der Waals surface area contributed by atoms with Gasteiger partial charge in [0.1, 0.15) is 5.60 Å². The van der Waals surface area contributed by atoms with E-state index >= 15 is 0 Å². The van der Waals surface area contributed by atoms with Crippen LogP contribution in [0.25, 0.3) is 0 Å². The summed E-state index contributed by atoms with van der Waals surface area (Å²) in [5, 5.41) is 17.4. The molecule has 174 valence electrons. The molecule has 0 saturated carbocycles. The molecule has 8 nitrogen and oxygen atoms in total. The van der Waals surface area contributed by atoms with Crippen LogP contribution in [0.2, 0.25) is 0 Å². The molecule has 1 aromatic carbocycles. The first-order valence-corrected chi connectivity index (χ1v) is 10.9. The first-order valence-electron chi connectivity index (χ1n) is 10.9. The van der Waals surface area contributed by atoms with Crippen LogP contribution in [0.15, 0.2) is 29.3 Å². The van der Waals surface area contributed by atoms with Crippen LogP contribution >= 0.6 is 24.0 Å². The lowest BCUT2D eigenvalue weighted by Gasteiger charge is -2.36. The average Bonchev–Trinajstić information content (AvgIpc) is 3.09. The smallest absolute Gasteiger partial charge is 0.234 e. The molecule has 31 heavy (non-hydrogen) atoms. The van der Waals surface area contributed by atoms with E-state index in [2.05, 4.69) is 33.4 Å². The van der Waals surface area contributed by atoms with Gasteiger partial charge in [0.05, 0.1) is 19.7 Å². The first kappa shape index (κ1) is 25.8. The molecule has 1 unspecified atom stereocenters. The third-order valence-corrected chi connectivity index (χ3v) is 5.82. The molecule has 1 fully saturated rings. The van der Waals surface area contributed by atoms with Gasteiger partial charge in [0, 0.05) is 46.4 Å². The number of amides is 1. The molecular weight excluding hydrogens is 509 g/mol. The second-order valence-corrected chi connectivity index (χ2v) is 7.96. The van der Waals surface area contributed by atoms with Crippen LogP contribution in [0.5, 0.6) is 0 Å². The summed E-state index contributed by atoms with van der Waals surface area (Å²) in [6.45, 7) is 7.85. The van der Waals surface area contributed by atoms with E-state index in [-0.39, 0.29) is 29.9 Å². The molecule has 3 rings (SSSR count). The maximum absolute atomic E-state index is 12.0. The van der Waals surface area contributed by atoms with Gasteiger partial charge in [-0.15, -0.1) is 24.0 Å². The summed E-state index contributed by atoms with van der Waals surface area (Å²) < 4.78 is 4.96. The van der Waals surface area contributed by atoms with Gasteiger partial charge in [-0.25, -0.2) is 4.99 Å². The number of aliphatic imine (C=N–C) groups is 1. The van der Waals surface area contributed by atoms with Crippen molar-refractivity contribution >= 4 is 35.8 Å². The molecule has 3 N–H and O–H groups in total. The number of rotatable bonds is 8. The molecule has 1 saturated heterocycles. The van der Waals surface area contributed by atoms with Gasteiger partial charge in [-0.3, -0.25) is 9.69 Å². The van der Waals surface area contributed by atoms with Gasteiger partial charge in [-0.05, 0) is 30.9 Å². The zero-order valence-electron chi connectivity index (χ0n) is 18.6. The average molecular weight is 545 g/mol. The van der Waals surface area contributed by atoms with E-state index in [1.807, 2.05) is 18.2 Å². The highest BCUT2D eigenvalue weighted by atomic mass is 127. The van der Waals surface area contributed by atoms with Crippen molar-refractivity contribution in [2.45, 2.75) is 25.4 Å². The fraction of sp³-hybridized carbons (Fsp3) is 0.636. The fourth-order valence-electron chi connectivity index (χ4n) is 4.13. The van der Waals surface area contributed by atoms with Crippen LogP contribution in [-0.2, 0) is 21.6 Å². The number of guanidine groups is 1. The zero-order valence-corrected chi connectivity index (χ0v) is 20.9. The summed E-state index contributed by atoms with van der Waals surface area (Å²) in [6, 6.07) is 8.11.